The summed E-state index contributed by atoms with van der Waals surface area (Å²) in [4.78, 5) is 18.3. The lowest BCUT2D eigenvalue weighted by atomic mass is 10.0. The molecular formula is C22H21FN2O. The highest BCUT2D eigenvalue weighted by molar-refractivity contribution is 5.94. The number of carbonyl (C=O) groups excluding carboxylic acids is 1. The third-order valence-corrected chi connectivity index (χ3v) is 4.37. The van der Waals surface area contributed by atoms with Crippen molar-refractivity contribution in [2.24, 2.45) is 0 Å². The van der Waals surface area contributed by atoms with Gasteiger partial charge in [-0.1, -0.05) is 30.3 Å². The predicted octanol–water partition coefficient (Wildman–Crippen LogP) is 4.21. The standard InChI is InChI=1S/C22H21FN2O/c1-25(22(26)15-18-9-11-20(23)12-10-18)21-6-2-4-17(14-21)7-8-19-5-3-13-24-16-19/h2-6,9-14,16H,7-8,15H2,1H3. The van der Waals surface area contributed by atoms with Gasteiger partial charge in [0.25, 0.3) is 0 Å². The number of likely N-dealkylation sites (N-methyl/N-ethyl adjacent to an activating group) is 1. The zero-order valence-corrected chi connectivity index (χ0v) is 14.7. The molecule has 3 nitrogen and oxygen atoms in total. The summed E-state index contributed by atoms with van der Waals surface area (Å²) in [7, 11) is 1.77. The normalized spacial score (nSPS) is 10.5. The van der Waals surface area contributed by atoms with Crippen LogP contribution in [0.25, 0.3) is 0 Å². The van der Waals surface area contributed by atoms with Gasteiger partial charge in [0.2, 0.25) is 5.91 Å². The summed E-state index contributed by atoms with van der Waals surface area (Å²) in [5.74, 6) is -0.322. The van der Waals surface area contributed by atoms with Gasteiger partial charge in [-0.25, -0.2) is 4.39 Å². The average molecular weight is 348 g/mol. The molecule has 0 saturated carbocycles. The third-order valence-electron chi connectivity index (χ3n) is 4.37. The number of benzene rings is 2. The molecule has 0 aliphatic carbocycles. The SMILES string of the molecule is CN(C(=O)Cc1ccc(F)cc1)c1cccc(CCc2cccnc2)c1. The van der Waals surface area contributed by atoms with E-state index in [0.717, 1.165) is 24.1 Å². The van der Waals surface area contributed by atoms with Crippen molar-refractivity contribution in [2.45, 2.75) is 19.3 Å². The molecule has 0 bridgehead atoms. The second-order valence-corrected chi connectivity index (χ2v) is 6.29. The number of amides is 1. The number of aromatic nitrogens is 1. The molecule has 0 radical (unpaired) electrons. The number of nitrogens with zero attached hydrogens (tertiary/aromatic N) is 2. The van der Waals surface area contributed by atoms with Gasteiger partial charge in [0.1, 0.15) is 5.82 Å². The summed E-state index contributed by atoms with van der Waals surface area (Å²) in [6.45, 7) is 0. The Morgan fingerprint density at radius 3 is 2.42 bits per heavy atom. The maximum atomic E-state index is 13.0. The molecule has 0 aliphatic rings. The van der Waals surface area contributed by atoms with Crippen molar-refractivity contribution in [1.82, 2.24) is 4.98 Å². The van der Waals surface area contributed by atoms with Crippen molar-refractivity contribution < 1.29 is 9.18 Å². The van der Waals surface area contributed by atoms with Crippen LogP contribution in [0.4, 0.5) is 10.1 Å². The fourth-order valence-corrected chi connectivity index (χ4v) is 2.79. The lowest BCUT2D eigenvalue weighted by Gasteiger charge is -2.18. The number of rotatable bonds is 6. The minimum atomic E-state index is -0.295. The monoisotopic (exact) mass is 348 g/mol. The van der Waals surface area contributed by atoms with Gasteiger partial charge in [0.15, 0.2) is 0 Å². The lowest BCUT2D eigenvalue weighted by molar-refractivity contribution is -0.117. The highest BCUT2D eigenvalue weighted by Gasteiger charge is 2.12. The number of halogens is 1. The van der Waals surface area contributed by atoms with Crippen LogP contribution in [0.5, 0.6) is 0 Å². The Morgan fingerprint density at radius 1 is 0.962 bits per heavy atom. The zero-order valence-electron chi connectivity index (χ0n) is 14.7. The molecule has 3 rings (SSSR count). The van der Waals surface area contributed by atoms with Crippen LogP contribution in [0.1, 0.15) is 16.7 Å². The summed E-state index contributed by atoms with van der Waals surface area (Å²) in [6.07, 6.45) is 5.69. The van der Waals surface area contributed by atoms with Gasteiger partial charge in [-0.3, -0.25) is 9.78 Å². The van der Waals surface area contributed by atoms with Crippen LogP contribution in [-0.2, 0) is 24.1 Å². The third kappa shape index (κ3) is 4.76. The van der Waals surface area contributed by atoms with Crippen LogP contribution in [0, 0.1) is 5.82 Å². The van der Waals surface area contributed by atoms with Crippen LogP contribution < -0.4 is 4.90 Å². The summed E-state index contributed by atoms with van der Waals surface area (Å²) in [5.41, 5.74) is 4.03. The molecule has 0 atom stereocenters. The van der Waals surface area contributed by atoms with Crippen molar-refractivity contribution in [3.8, 4) is 0 Å². The summed E-state index contributed by atoms with van der Waals surface area (Å²) in [5, 5.41) is 0. The van der Waals surface area contributed by atoms with Crippen molar-refractivity contribution in [3.63, 3.8) is 0 Å². The predicted molar refractivity (Wildman–Crippen MR) is 102 cm³/mol. The van der Waals surface area contributed by atoms with Gasteiger partial charge in [-0.05, 0) is 59.9 Å². The Hall–Kier alpha value is -3.01. The van der Waals surface area contributed by atoms with E-state index in [4.69, 9.17) is 0 Å². The molecule has 0 aliphatic heterocycles. The average Bonchev–Trinajstić information content (AvgIpc) is 2.68. The van der Waals surface area contributed by atoms with Gasteiger partial charge in [-0.2, -0.15) is 0 Å². The maximum absolute atomic E-state index is 13.0. The first kappa shape index (κ1) is 17.8. The Bertz CT molecular complexity index is 863. The fourth-order valence-electron chi connectivity index (χ4n) is 2.79. The molecule has 0 saturated heterocycles. The molecule has 0 spiro atoms. The number of aryl methyl sites for hydroxylation is 2. The van der Waals surface area contributed by atoms with Crippen molar-refractivity contribution in [3.05, 3.63) is 95.6 Å². The highest BCUT2D eigenvalue weighted by atomic mass is 19.1. The zero-order chi connectivity index (χ0) is 18.4. The number of anilines is 1. The first-order chi connectivity index (χ1) is 12.6. The smallest absolute Gasteiger partial charge is 0.231 e. The molecule has 2 aromatic carbocycles. The van der Waals surface area contributed by atoms with Gasteiger partial charge >= 0.3 is 0 Å². The molecule has 1 heterocycles. The van der Waals surface area contributed by atoms with E-state index < -0.39 is 0 Å². The summed E-state index contributed by atoms with van der Waals surface area (Å²) in [6, 6.07) is 18.0. The van der Waals surface area contributed by atoms with E-state index in [-0.39, 0.29) is 18.1 Å². The molecule has 4 heteroatoms. The minimum Gasteiger partial charge on any atom is -0.315 e. The van der Waals surface area contributed by atoms with Gasteiger partial charge < -0.3 is 4.90 Å². The van der Waals surface area contributed by atoms with Crippen molar-refractivity contribution in [2.75, 3.05) is 11.9 Å². The quantitative estimate of drug-likeness (QED) is 0.668. The van der Waals surface area contributed by atoms with Crippen LogP contribution in [0.15, 0.2) is 73.1 Å². The molecule has 0 fully saturated rings. The first-order valence-electron chi connectivity index (χ1n) is 8.60. The van der Waals surface area contributed by atoms with E-state index in [1.807, 2.05) is 30.5 Å². The molecule has 3 aromatic rings. The maximum Gasteiger partial charge on any atom is 0.231 e. The topological polar surface area (TPSA) is 33.2 Å². The second-order valence-electron chi connectivity index (χ2n) is 6.29. The molecular weight excluding hydrogens is 327 g/mol. The van der Waals surface area contributed by atoms with Crippen molar-refractivity contribution in [1.29, 1.82) is 0 Å². The van der Waals surface area contributed by atoms with E-state index >= 15 is 0 Å². The molecule has 1 aromatic heterocycles. The van der Waals surface area contributed by atoms with E-state index in [1.165, 1.54) is 23.3 Å². The van der Waals surface area contributed by atoms with E-state index in [0.29, 0.717) is 0 Å². The summed E-state index contributed by atoms with van der Waals surface area (Å²) >= 11 is 0. The minimum absolute atomic E-state index is 0.0268. The number of pyridine rings is 1. The molecule has 0 N–H and O–H groups in total. The second kappa shape index (κ2) is 8.39. The van der Waals surface area contributed by atoms with Crippen LogP contribution >= 0.6 is 0 Å². The molecule has 132 valence electrons. The Balaban J connectivity index is 1.64. The molecule has 1 amide bonds. The lowest BCUT2D eigenvalue weighted by Crippen LogP contribution is -2.27. The highest BCUT2D eigenvalue weighted by Crippen LogP contribution is 2.18. The van der Waals surface area contributed by atoms with Crippen molar-refractivity contribution >= 4 is 11.6 Å². The fraction of sp³-hybridized carbons (Fsp3) is 0.182. The van der Waals surface area contributed by atoms with Gasteiger partial charge in [0.05, 0.1) is 6.42 Å². The van der Waals surface area contributed by atoms with Crippen LogP contribution in [0.2, 0.25) is 0 Å². The molecule has 26 heavy (non-hydrogen) atoms. The van der Waals surface area contributed by atoms with Gasteiger partial charge in [-0.15, -0.1) is 0 Å². The Labute approximate surface area is 153 Å². The largest absolute Gasteiger partial charge is 0.315 e. The van der Waals surface area contributed by atoms with E-state index in [2.05, 4.69) is 17.1 Å². The number of hydrogen-bond donors (Lipinski definition) is 0. The molecule has 0 unspecified atom stereocenters. The summed E-state index contributed by atoms with van der Waals surface area (Å²) < 4.78 is 13.0. The van der Waals surface area contributed by atoms with Gasteiger partial charge in [0, 0.05) is 25.1 Å². The Morgan fingerprint density at radius 2 is 1.69 bits per heavy atom. The van der Waals surface area contributed by atoms with Crippen LogP contribution in [0.3, 0.4) is 0 Å². The first-order valence-corrected chi connectivity index (χ1v) is 8.60. The number of hydrogen-bond acceptors (Lipinski definition) is 2. The Kier molecular flexibility index (Phi) is 5.74. The van der Waals surface area contributed by atoms with E-state index in [9.17, 15) is 9.18 Å². The number of carbonyl (C=O) groups is 1. The van der Waals surface area contributed by atoms with E-state index in [1.54, 1.807) is 30.3 Å². The van der Waals surface area contributed by atoms with Crippen LogP contribution in [-0.4, -0.2) is 17.9 Å².